The molecule has 1 rings (SSSR count). The van der Waals surface area contributed by atoms with Gasteiger partial charge >= 0.3 is 0 Å². The third kappa shape index (κ3) is 2.81. The van der Waals surface area contributed by atoms with E-state index in [0.717, 1.165) is 12.8 Å². The van der Waals surface area contributed by atoms with Gasteiger partial charge in [0.15, 0.2) is 0 Å². The lowest BCUT2D eigenvalue weighted by molar-refractivity contribution is 0.272. The van der Waals surface area contributed by atoms with Gasteiger partial charge in [0.2, 0.25) is 0 Å². The molecule has 0 amide bonds. The molecular formula is C12H20N2. The third-order valence-corrected chi connectivity index (χ3v) is 3.12. The molecule has 0 aliphatic heterocycles. The zero-order chi connectivity index (χ0) is 10.6. The van der Waals surface area contributed by atoms with Crippen LogP contribution in [0.3, 0.4) is 0 Å². The topological polar surface area (TPSA) is 38.9 Å². The Balaban J connectivity index is 2.62. The molecular weight excluding hydrogens is 172 g/mol. The Labute approximate surface area is 86.5 Å². The number of hydrogen-bond donors (Lipinski definition) is 1. The Hall–Kier alpha value is -0.890. The van der Waals surface area contributed by atoms with Crippen molar-refractivity contribution in [2.24, 2.45) is 11.1 Å². The molecule has 2 heteroatoms. The molecule has 1 aromatic rings. The summed E-state index contributed by atoms with van der Waals surface area (Å²) in [6.45, 7) is 6.63. The molecule has 1 aromatic heterocycles. The predicted molar refractivity (Wildman–Crippen MR) is 60.0 cm³/mol. The number of pyridine rings is 1. The molecule has 0 spiro atoms. The van der Waals surface area contributed by atoms with Crippen molar-refractivity contribution in [2.45, 2.75) is 39.7 Å². The lowest BCUT2D eigenvalue weighted by atomic mass is 9.80. The Morgan fingerprint density at radius 2 is 1.93 bits per heavy atom. The average molecular weight is 192 g/mol. The van der Waals surface area contributed by atoms with Crippen LogP contribution in [0.15, 0.2) is 24.5 Å². The minimum Gasteiger partial charge on any atom is -0.327 e. The normalized spacial score (nSPS) is 14.0. The summed E-state index contributed by atoms with van der Waals surface area (Å²) in [6.07, 6.45) is 5.69. The first-order chi connectivity index (χ1) is 6.56. The van der Waals surface area contributed by atoms with Gasteiger partial charge < -0.3 is 5.73 Å². The minimum atomic E-state index is 0.212. The van der Waals surface area contributed by atoms with Crippen LogP contribution in [0.4, 0.5) is 0 Å². The van der Waals surface area contributed by atoms with E-state index < -0.39 is 0 Å². The average Bonchev–Trinajstić information content (AvgIpc) is 2.19. The number of rotatable bonds is 4. The van der Waals surface area contributed by atoms with E-state index >= 15 is 0 Å². The maximum atomic E-state index is 6.17. The van der Waals surface area contributed by atoms with E-state index in [9.17, 15) is 0 Å². The maximum Gasteiger partial charge on any atom is 0.0270 e. The molecule has 0 fully saturated rings. The first-order valence-corrected chi connectivity index (χ1v) is 5.20. The maximum absolute atomic E-state index is 6.17. The number of hydrogen-bond acceptors (Lipinski definition) is 2. The lowest BCUT2D eigenvalue weighted by Crippen LogP contribution is -2.38. The first kappa shape index (κ1) is 11.2. The highest BCUT2D eigenvalue weighted by Gasteiger charge is 2.24. The van der Waals surface area contributed by atoms with Crippen LogP contribution >= 0.6 is 0 Å². The molecule has 78 valence electrons. The van der Waals surface area contributed by atoms with E-state index in [-0.39, 0.29) is 11.5 Å². The second-order valence-electron chi connectivity index (χ2n) is 4.51. The summed E-state index contributed by atoms with van der Waals surface area (Å²) in [5.41, 5.74) is 7.66. The summed E-state index contributed by atoms with van der Waals surface area (Å²) in [5, 5.41) is 0. The van der Waals surface area contributed by atoms with E-state index in [1.54, 1.807) is 0 Å². The third-order valence-electron chi connectivity index (χ3n) is 3.12. The molecule has 2 nitrogen and oxygen atoms in total. The summed E-state index contributed by atoms with van der Waals surface area (Å²) in [4.78, 5) is 3.99. The van der Waals surface area contributed by atoms with Crippen molar-refractivity contribution in [1.82, 2.24) is 4.98 Å². The number of nitrogens with zero attached hydrogens (tertiary/aromatic N) is 1. The molecule has 1 atom stereocenters. The van der Waals surface area contributed by atoms with Crippen LogP contribution < -0.4 is 5.73 Å². The molecule has 0 aromatic carbocycles. The van der Waals surface area contributed by atoms with Crippen molar-refractivity contribution in [2.75, 3.05) is 0 Å². The molecule has 1 unspecified atom stereocenters. The highest BCUT2D eigenvalue weighted by atomic mass is 14.7. The first-order valence-electron chi connectivity index (χ1n) is 5.20. The van der Waals surface area contributed by atoms with Crippen LogP contribution in [0, 0.1) is 5.41 Å². The zero-order valence-electron chi connectivity index (χ0n) is 9.33. The molecule has 1 heterocycles. The summed E-state index contributed by atoms with van der Waals surface area (Å²) in [5.74, 6) is 0. The fourth-order valence-electron chi connectivity index (χ4n) is 1.31. The molecule has 2 N–H and O–H groups in total. The second-order valence-corrected chi connectivity index (χ2v) is 4.51. The van der Waals surface area contributed by atoms with E-state index in [1.807, 2.05) is 24.5 Å². The van der Waals surface area contributed by atoms with Crippen LogP contribution in [0.2, 0.25) is 0 Å². The lowest BCUT2D eigenvalue weighted by Gasteiger charge is -2.30. The summed E-state index contributed by atoms with van der Waals surface area (Å²) < 4.78 is 0. The van der Waals surface area contributed by atoms with Crippen molar-refractivity contribution in [3.63, 3.8) is 0 Å². The quantitative estimate of drug-likeness (QED) is 0.795. The van der Waals surface area contributed by atoms with Gasteiger partial charge in [-0.05, 0) is 36.0 Å². The van der Waals surface area contributed by atoms with Crippen LogP contribution in [0.1, 0.15) is 32.8 Å². The van der Waals surface area contributed by atoms with Crippen molar-refractivity contribution in [3.05, 3.63) is 30.1 Å². The molecule has 0 aliphatic carbocycles. The van der Waals surface area contributed by atoms with E-state index in [4.69, 9.17) is 5.73 Å². The minimum absolute atomic E-state index is 0.212. The van der Waals surface area contributed by atoms with Crippen LogP contribution in [0.25, 0.3) is 0 Å². The van der Waals surface area contributed by atoms with Gasteiger partial charge in [0.05, 0.1) is 0 Å². The van der Waals surface area contributed by atoms with Crippen molar-refractivity contribution in [3.8, 4) is 0 Å². The van der Waals surface area contributed by atoms with Gasteiger partial charge in [-0.25, -0.2) is 0 Å². The Morgan fingerprint density at radius 1 is 1.36 bits per heavy atom. The molecule has 0 saturated carbocycles. The molecule has 0 radical (unpaired) electrons. The smallest absolute Gasteiger partial charge is 0.0270 e. The van der Waals surface area contributed by atoms with Crippen molar-refractivity contribution >= 4 is 0 Å². The SMILES string of the molecule is CCC(C)(C)C(N)Cc1ccncc1. The van der Waals surface area contributed by atoms with Gasteiger partial charge in [-0.15, -0.1) is 0 Å². The van der Waals surface area contributed by atoms with Gasteiger partial charge in [0.1, 0.15) is 0 Å². The molecule has 0 aliphatic rings. The monoisotopic (exact) mass is 192 g/mol. The van der Waals surface area contributed by atoms with E-state index in [0.29, 0.717) is 0 Å². The van der Waals surface area contributed by atoms with Gasteiger partial charge in [0, 0.05) is 18.4 Å². The summed E-state index contributed by atoms with van der Waals surface area (Å²) in [6, 6.07) is 4.28. The van der Waals surface area contributed by atoms with Crippen LogP contribution in [-0.4, -0.2) is 11.0 Å². The molecule has 0 bridgehead atoms. The number of nitrogens with two attached hydrogens (primary N) is 1. The fourth-order valence-corrected chi connectivity index (χ4v) is 1.31. The van der Waals surface area contributed by atoms with Crippen LogP contribution in [0.5, 0.6) is 0 Å². The summed E-state index contributed by atoms with van der Waals surface area (Å²) in [7, 11) is 0. The standard InChI is InChI=1S/C12H20N2/c1-4-12(2,3)11(13)9-10-5-7-14-8-6-10/h5-8,11H,4,9,13H2,1-3H3. The largest absolute Gasteiger partial charge is 0.327 e. The number of aromatic nitrogens is 1. The van der Waals surface area contributed by atoms with Crippen molar-refractivity contribution < 1.29 is 0 Å². The van der Waals surface area contributed by atoms with Gasteiger partial charge in [-0.3, -0.25) is 4.98 Å². The van der Waals surface area contributed by atoms with Crippen LogP contribution in [-0.2, 0) is 6.42 Å². The van der Waals surface area contributed by atoms with Crippen molar-refractivity contribution in [1.29, 1.82) is 0 Å². The predicted octanol–water partition coefficient (Wildman–Crippen LogP) is 2.39. The Kier molecular flexibility index (Phi) is 3.64. The molecule has 14 heavy (non-hydrogen) atoms. The van der Waals surface area contributed by atoms with Gasteiger partial charge in [0.25, 0.3) is 0 Å². The Morgan fingerprint density at radius 3 is 2.43 bits per heavy atom. The second kappa shape index (κ2) is 4.56. The van der Waals surface area contributed by atoms with Gasteiger partial charge in [-0.1, -0.05) is 20.8 Å². The highest BCUT2D eigenvalue weighted by molar-refractivity contribution is 5.12. The highest BCUT2D eigenvalue weighted by Crippen LogP contribution is 2.25. The summed E-state index contributed by atoms with van der Waals surface area (Å²) >= 11 is 0. The zero-order valence-corrected chi connectivity index (χ0v) is 9.33. The van der Waals surface area contributed by atoms with E-state index in [2.05, 4.69) is 25.8 Å². The van der Waals surface area contributed by atoms with Gasteiger partial charge in [-0.2, -0.15) is 0 Å². The Bertz CT molecular complexity index is 267. The van der Waals surface area contributed by atoms with E-state index in [1.165, 1.54) is 5.56 Å². The molecule has 0 saturated heterocycles. The fraction of sp³-hybridized carbons (Fsp3) is 0.583.